The van der Waals surface area contributed by atoms with Gasteiger partial charge in [0, 0.05) is 23.2 Å². The van der Waals surface area contributed by atoms with Crippen LogP contribution in [0.1, 0.15) is 24.1 Å². The van der Waals surface area contributed by atoms with Crippen molar-refractivity contribution in [3.8, 4) is 0 Å². The minimum atomic E-state index is -0.386. The fraction of sp³-hybridized carbons (Fsp3) is 0.250. The molecule has 0 aromatic heterocycles. The van der Waals surface area contributed by atoms with Crippen molar-refractivity contribution in [2.24, 2.45) is 0 Å². The molecule has 0 saturated heterocycles. The summed E-state index contributed by atoms with van der Waals surface area (Å²) in [4.78, 5) is 10.2. The molecule has 0 unspecified atom stereocenters. The molecule has 2 aromatic carbocycles. The highest BCUT2D eigenvalue weighted by Gasteiger charge is 2.06. The predicted octanol–water partition coefficient (Wildman–Crippen LogP) is 4.14. The number of non-ortho nitro benzene ring substituents is 1. The van der Waals surface area contributed by atoms with Crippen LogP contribution in [-0.2, 0) is 6.42 Å². The van der Waals surface area contributed by atoms with Crippen LogP contribution < -0.4 is 5.32 Å². The number of hydrogen-bond acceptors (Lipinski definition) is 3. The molecule has 0 bridgehead atoms. The van der Waals surface area contributed by atoms with Crippen molar-refractivity contribution in [3.05, 3.63) is 74.8 Å². The van der Waals surface area contributed by atoms with E-state index in [1.165, 1.54) is 12.1 Å². The van der Waals surface area contributed by atoms with Crippen LogP contribution in [0.5, 0.6) is 0 Å². The first-order valence-electron chi connectivity index (χ1n) is 6.78. The molecular weight excluding hydrogens is 288 g/mol. The van der Waals surface area contributed by atoms with Gasteiger partial charge in [0.25, 0.3) is 5.69 Å². The van der Waals surface area contributed by atoms with E-state index in [1.54, 1.807) is 12.1 Å². The molecule has 0 saturated carbocycles. The van der Waals surface area contributed by atoms with Crippen molar-refractivity contribution in [2.45, 2.75) is 19.4 Å². The van der Waals surface area contributed by atoms with E-state index in [9.17, 15) is 10.1 Å². The molecule has 21 heavy (non-hydrogen) atoms. The SMILES string of the molecule is C[C@@H](NCCc1ccc([N+](=O)[O-])cc1)c1cccc(Cl)c1. The van der Waals surface area contributed by atoms with Gasteiger partial charge >= 0.3 is 0 Å². The summed E-state index contributed by atoms with van der Waals surface area (Å²) in [7, 11) is 0. The molecule has 110 valence electrons. The van der Waals surface area contributed by atoms with E-state index < -0.39 is 0 Å². The average Bonchev–Trinajstić information content (AvgIpc) is 2.47. The molecule has 0 heterocycles. The third kappa shape index (κ3) is 4.55. The number of nitrogens with one attached hydrogen (secondary N) is 1. The summed E-state index contributed by atoms with van der Waals surface area (Å²) in [6.45, 7) is 2.88. The smallest absolute Gasteiger partial charge is 0.269 e. The molecule has 0 spiro atoms. The summed E-state index contributed by atoms with van der Waals surface area (Å²) in [5.74, 6) is 0. The topological polar surface area (TPSA) is 55.2 Å². The zero-order valence-electron chi connectivity index (χ0n) is 11.8. The molecular formula is C16H17ClN2O2. The minimum Gasteiger partial charge on any atom is -0.310 e. The van der Waals surface area contributed by atoms with Gasteiger partial charge in [-0.1, -0.05) is 35.9 Å². The second-order valence-electron chi connectivity index (χ2n) is 4.90. The summed E-state index contributed by atoms with van der Waals surface area (Å²) < 4.78 is 0. The lowest BCUT2D eigenvalue weighted by Crippen LogP contribution is -2.21. The molecule has 1 N–H and O–H groups in total. The number of nitro groups is 1. The van der Waals surface area contributed by atoms with E-state index in [4.69, 9.17) is 11.6 Å². The van der Waals surface area contributed by atoms with Gasteiger partial charge in [0.05, 0.1) is 4.92 Å². The largest absolute Gasteiger partial charge is 0.310 e. The lowest BCUT2D eigenvalue weighted by Gasteiger charge is -2.14. The maximum atomic E-state index is 10.6. The average molecular weight is 305 g/mol. The van der Waals surface area contributed by atoms with Gasteiger partial charge < -0.3 is 5.32 Å². The Morgan fingerprint density at radius 2 is 1.95 bits per heavy atom. The van der Waals surface area contributed by atoms with Crippen LogP contribution in [0.25, 0.3) is 0 Å². The quantitative estimate of drug-likeness (QED) is 0.644. The van der Waals surface area contributed by atoms with Gasteiger partial charge in [-0.15, -0.1) is 0 Å². The van der Waals surface area contributed by atoms with Crippen molar-refractivity contribution in [2.75, 3.05) is 6.54 Å². The fourth-order valence-corrected chi connectivity index (χ4v) is 2.31. The van der Waals surface area contributed by atoms with Gasteiger partial charge in [-0.2, -0.15) is 0 Å². The Balaban J connectivity index is 1.85. The number of halogens is 1. The Morgan fingerprint density at radius 1 is 1.24 bits per heavy atom. The monoisotopic (exact) mass is 304 g/mol. The van der Waals surface area contributed by atoms with Gasteiger partial charge in [-0.05, 0) is 43.1 Å². The van der Waals surface area contributed by atoms with Crippen LogP contribution >= 0.6 is 11.6 Å². The van der Waals surface area contributed by atoms with Crippen LogP contribution in [0.2, 0.25) is 5.02 Å². The standard InChI is InChI=1S/C16H17ClN2O2/c1-12(14-3-2-4-15(17)11-14)18-10-9-13-5-7-16(8-6-13)19(20)21/h2-8,11-12,18H,9-10H2,1H3/t12-/m1/s1. The number of rotatable bonds is 6. The Bertz CT molecular complexity index is 614. The zero-order valence-corrected chi connectivity index (χ0v) is 12.5. The molecule has 2 aromatic rings. The van der Waals surface area contributed by atoms with Crippen molar-refractivity contribution in [1.29, 1.82) is 0 Å². The minimum absolute atomic E-state index is 0.124. The maximum absolute atomic E-state index is 10.6. The summed E-state index contributed by atoms with van der Waals surface area (Å²) >= 11 is 5.98. The zero-order chi connectivity index (χ0) is 15.2. The Hall–Kier alpha value is -1.91. The van der Waals surface area contributed by atoms with Crippen LogP contribution in [0.4, 0.5) is 5.69 Å². The summed E-state index contributed by atoms with van der Waals surface area (Å²) in [5, 5.41) is 14.7. The number of hydrogen-bond donors (Lipinski definition) is 1. The van der Waals surface area contributed by atoms with E-state index in [0.717, 1.165) is 29.1 Å². The van der Waals surface area contributed by atoms with Crippen LogP contribution in [0, 0.1) is 10.1 Å². The maximum Gasteiger partial charge on any atom is 0.269 e. The third-order valence-corrected chi connectivity index (χ3v) is 3.60. The van der Waals surface area contributed by atoms with Gasteiger partial charge in [0.1, 0.15) is 0 Å². The van der Waals surface area contributed by atoms with Crippen LogP contribution in [-0.4, -0.2) is 11.5 Å². The van der Waals surface area contributed by atoms with Crippen molar-refractivity contribution >= 4 is 17.3 Å². The lowest BCUT2D eigenvalue weighted by atomic mass is 10.1. The first-order valence-corrected chi connectivity index (χ1v) is 7.16. The van der Waals surface area contributed by atoms with Gasteiger partial charge in [-0.25, -0.2) is 0 Å². The Morgan fingerprint density at radius 3 is 2.57 bits per heavy atom. The Kier molecular flexibility index (Phi) is 5.31. The highest BCUT2D eigenvalue weighted by atomic mass is 35.5. The van der Waals surface area contributed by atoms with E-state index in [0.29, 0.717) is 0 Å². The highest BCUT2D eigenvalue weighted by molar-refractivity contribution is 6.30. The Labute approximate surface area is 128 Å². The molecule has 2 rings (SSSR count). The second-order valence-corrected chi connectivity index (χ2v) is 5.34. The van der Waals surface area contributed by atoms with Gasteiger partial charge in [0.15, 0.2) is 0 Å². The fourth-order valence-electron chi connectivity index (χ4n) is 2.11. The number of benzene rings is 2. The van der Waals surface area contributed by atoms with E-state index >= 15 is 0 Å². The van der Waals surface area contributed by atoms with Crippen LogP contribution in [0.15, 0.2) is 48.5 Å². The third-order valence-electron chi connectivity index (χ3n) is 3.36. The molecule has 0 aliphatic rings. The summed E-state index contributed by atoms with van der Waals surface area (Å²) in [5.41, 5.74) is 2.34. The second kappa shape index (κ2) is 7.20. The molecule has 5 heteroatoms. The van der Waals surface area contributed by atoms with Gasteiger partial charge in [-0.3, -0.25) is 10.1 Å². The van der Waals surface area contributed by atoms with Crippen molar-refractivity contribution in [1.82, 2.24) is 5.32 Å². The summed E-state index contributed by atoms with van der Waals surface area (Å²) in [6, 6.07) is 14.7. The van der Waals surface area contributed by atoms with Crippen molar-refractivity contribution in [3.63, 3.8) is 0 Å². The highest BCUT2D eigenvalue weighted by Crippen LogP contribution is 2.17. The molecule has 0 fully saturated rings. The molecule has 0 amide bonds. The summed E-state index contributed by atoms with van der Waals surface area (Å²) in [6.07, 6.45) is 0.822. The van der Waals surface area contributed by atoms with Crippen molar-refractivity contribution < 1.29 is 4.92 Å². The normalized spacial score (nSPS) is 12.1. The lowest BCUT2D eigenvalue weighted by molar-refractivity contribution is -0.384. The van der Waals surface area contributed by atoms with Crippen LogP contribution in [0.3, 0.4) is 0 Å². The van der Waals surface area contributed by atoms with Gasteiger partial charge in [0.2, 0.25) is 0 Å². The first-order chi connectivity index (χ1) is 10.1. The first kappa shape index (κ1) is 15.5. The van der Waals surface area contributed by atoms with E-state index in [-0.39, 0.29) is 16.7 Å². The molecule has 0 aliphatic carbocycles. The predicted molar refractivity (Wildman–Crippen MR) is 84.7 cm³/mol. The molecule has 1 atom stereocenters. The molecule has 0 radical (unpaired) electrons. The number of nitro benzene ring substituents is 1. The molecule has 4 nitrogen and oxygen atoms in total. The van der Waals surface area contributed by atoms with E-state index in [2.05, 4.69) is 12.2 Å². The number of nitrogens with zero attached hydrogens (tertiary/aromatic N) is 1. The van der Waals surface area contributed by atoms with E-state index in [1.807, 2.05) is 24.3 Å². The molecule has 0 aliphatic heterocycles.